The third kappa shape index (κ3) is 9.68. The molecule has 0 radical (unpaired) electrons. The molecule has 2 unspecified atom stereocenters. The Morgan fingerprint density at radius 2 is 1.80 bits per heavy atom. The summed E-state index contributed by atoms with van der Waals surface area (Å²) in [6, 6.07) is 11.7. The van der Waals surface area contributed by atoms with Crippen LogP contribution in [0.15, 0.2) is 42.5 Å². The van der Waals surface area contributed by atoms with E-state index in [9.17, 15) is 19.2 Å². The number of aryl methyl sites for hydroxylation is 1. The van der Waals surface area contributed by atoms with Crippen LogP contribution in [-0.2, 0) is 30.3 Å². The summed E-state index contributed by atoms with van der Waals surface area (Å²) in [6.45, 7) is 5.33. The van der Waals surface area contributed by atoms with Gasteiger partial charge in [0, 0.05) is 18.5 Å². The number of hydrogen-bond donors (Lipinski definition) is 2. The highest BCUT2D eigenvalue weighted by Crippen LogP contribution is 2.32. The van der Waals surface area contributed by atoms with Crippen molar-refractivity contribution in [1.82, 2.24) is 10.2 Å². The van der Waals surface area contributed by atoms with E-state index in [1.54, 1.807) is 46.3 Å². The first-order chi connectivity index (χ1) is 21.5. The number of amides is 2. The molecule has 1 fully saturated rings. The summed E-state index contributed by atoms with van der Waals surface area (Å²) in [4.78, 5) is 53.5. The number of esters is 1. The van der Waals surface area contributed by atoms with Crippen LogP contribution in [0.2, 0.25) is 0 Å². The van der Waals surface area contributed by atoms with E-state index in [0.29, 0.717) is 61.5 Å². The molecular formula is C34H46N2O9. The lowest BCUT2D eigenvalue weighted by Gasteiger charge is -2.36. The van der Waals surface area contributed by atoms with Crippen LogP contribution in [0.25, 0.3) is 0 Å². The second-order valence-corrected chi connectivity index (χ2v) is 11.7. The molecule has 2 amide bonds. The van der Waals surface area contributed by atoms with Gasteiger partial charge in [0.1, 0.15) is 17.9 Å². The number of benzene rings is 2. The maximum Gasteiger partial charge on any atom is 0.329 e. The van der Waals surface area contributed by atoms with Crippen molar-refractivity contribution >= 4 is 23.6 Å². The number of aliphatic hydroxyl groups is 1. The summed E-state index contributed by atoms with van der Waals surface area (Å²) in [5.41, 5.74) is 0.748. The van der Waals surface area contributed by atoms with E-state index in [-0.39, 0.29) is 25.7 Å². The topological polar surface area (TPSA) is 141 Å². The van der Waals surface area contributed by atoms with E-state index >= 15 is 0 Å². The molecular weight excluding hydrogens is 580 g/mol. The standard InChI is InChI=1S/C34H46N2O9/c1-6-34(2,3)31(39)32(40)36-18-8-7-12-26(36)33(41)45-27(15-13-23-14-16-28(42-4)29(20-23)43-5)24-10-9-11-25(21-24)44-22-30(38)35-17-19-37/h9-11,14,16,20-21,26-27,37H,6-8,12-13,15,17-19,22H2,1-5H3,(H,35,38). The number of aliphatic hydroxyl groups excluding tert-OH is 1. The summed E-state index contributed by atoms with van der Waals surface area (Å²) < 4.78 is 22.6. The molecule has 1 heterocycles. The Kier molecular flexibility index (Phi) is 13.2. The van der Waals surface area contributed by atoms with Crippen LogP contribution in [0.1, 0.15) is 70.1 Å². The number of carbonyl (C=O) groups excluding carboxylic acids is 4. The Balaban J connectivity index is 1.85. The van der Waals surface area contributed by atoms with E-state index in [1.165, 1.54) is 4.90 Å². The smallest absolute Gasteiger partial charge is 0.329 e. The maximum atomic E-state index is 13.8. The number of Topliss-reactive ketones (excluding diaryl/α,β-unsaturated/α-hetero) is 1. The first-order valence-corrected chi connectivity index (χ1v) is 15.4. The van der Waals surface area contributed by atoms with Crippen molar-refractivity contribution in [1.29, 1.82) is 0 Å². The highest BCUT2D eigenvalue weighted by molar-refractivity contribution is 6.38. The van der Waals surface area contributed by atoms with Crippen molar-refractivity contribution in [2.24, 2.45) is 5.41 Å². The minimum Gasteiger partial charge on any atom is -0.493 e. The SMILES string of the molecule is CCC(C)(C)C(=O)C(=O)N1CCCCC1C(=O)OC(CCc1ccc(OC)c(OC)c1)c1cccc(OCC(=O)NCCO)c1. The Bertz CT molecular complexity index is 1330. The Labute approximate surface area is 265 Å². The van der Waals surface area contributed by atoms with Crippen LogP contribution in [0, 0.1) is 5.41 Å². The van der Waals surface area contributed by atoms with Crippen LogP contribution >= 0.6 is 0 Å². The van der Waals surface area contributed by atoms with Crippen molar-refractivity contribution < 1.29 is 43.2 Å². The van der Waals surface area contributed by atoms with E-state index < -0.39 is 35.2 Å². The fraction of sp³-hybridized carbons (Fsp3) is 0.529. The highest BCUT2D eigenvalue weighted by atomic mass is 16.5. The fourth-order valence-corrected chi connectivity index (χ4v) is 5.05. The number of ketones is 1. The lowest BCUT2D eigenvalue weighted by atomic mass is 9.84. The third-order valence-corrected chi connectivity index (χ3v) is 8.16. The maximum absolute atomic E-state index is 13.8. The normalized spacial score (nSPS) is 15.5. The molecule has 0 saturated carbocycles. The molecule has 1 saturated heterocycles. The van der Waals surface area contributed by atoms with Crippen LogP contribution in [0.4, 0.5) is 0 Å². The van der Waals surface area contributed by atoms with Gasteiger partial charge in [-0.3, -0.25) is 14.4 Å². The highest BCUT2D eigenvalue weighted by Gasteiger charge is 2.41. The molecule has 2 aromatic carbocycles. The van der Waals surface area contributed by atoms with E-state index in [1.807, 2.05) is 31.2 Å². The predicted molar refractivity (Wildman–Crippen MR) is 167 cm³/mol. The molecule has 2 aromatic rings. The number of likely N-dealkylation sites (tertiary alicyclic amines) is 1. The number of piperidine rings is 1. The monoisotopic (exact) mass is 626 g/mol. The van der Waals surface area contributed by atoms with Gasteiger partial charge in [0.25, 0.3) is 11.8 Å². The number of hydrogen-bond acceptors (Lipinski definition) is 9. The summed E-state index contributed by atoms with van der Waals surface area (Å²) in [7, 11) is 3.12. The van der Waals surface area contributed by atoms with Gasteiger partial charge in [-0.25, -0.2) is 4.79 Å². The lowest BCUT2D eigenvalue weighted by Crippen LogP contribution is -2.53. The van der Waals surface area contributed by atoms with Gasteiger partial charge in [0.15, 0.2) is 18.1 Å². The predicted octanol–water partition coefficient (Wildman–Crippen LogP) is 3.79. The summed E-state index contributed by atoms with van der Waals surface area (Å²) >= 11 is 0. The third-order valence-electron chi connectivity index (χ3n) is 8.16. The molecule has 11 nitrogen and oxygen atoms in total. The first kappa shape index (κ1) is 35.4. The molecule has 0 aliphatic carbocycles. The molecule has 2 N–H and O–H groups in total. The molecule has 1 aliphatic heterocycles. The van der Waals surface area contributed by atoms with Crippen molar-refractivity contribution in [3.8, 4) is 17.2 Å². The molecule has 3 rings (SSSR count). The zero-order valence-electron chi connectivity index (χ0n) is 26.9. The quantitative estimate of drug-likeness (QED) is 0.210. The molecule has 0 aromatic heterocycles. The summed E-state index contributed by atoms with van der Waals surface area (Å²) in [5.74, 6) is -0.538. The average Bonchev–Trinajstić information content (AvgIpc) is 3.07. The molecule has 2 atom stereocenters. The van der Waals surface area contributed by atoms with Gasteiger partial charge in [-0.2, -0.15) is 0 Å². The molecule has 246 valence electrons. The van der Waals surface area contributed by atoms with Crippen molar-refractivity contribution in [3.05, 3.63) is 53.6 Å². The molecule has 11 heteroatoms. The van der Waals surface area contributed by atoms with Crippen LogP contribution < -0.4 is 19.5 Å². The van der Waals surface area contributed by atoms with Crippen LogP contribution in [0.3, 0.4) is 0 Å². The number of nitrogens with one attached hydrogen (secondary N) is 1. The lowest BCUT2D eigenvalue weighted by molar-refractivity contribution is -0.164. The number of ether oxygens (including phenoxy) is 4. The van der Waals surface area contributed by atoms with Gasteiger partial charge in [0.05, 0.1) is 20.8 Å². The van der Waals surface area contributed by atoms with Gasteiger partial charge >= 0.3 is 5.97 Å². The number of carbonyl (C=O) groups is 4. The second-order valence-electron chi connectivity index (χ2n) is 11.7. The van der Waals surface area contributed by atoms with Crippen LogP contribution in [-0.4, -0.2) is 80.1 Å². The van der Waals surface area contributed by atoms with Crippen molar-refractivity contribution in [2.75, 3.05) is 40.5 Å². The molecule has 0 bridgehead atoms. The molecule has 45 heavy (non-hydrogen) atoms. The number of methoxy groups -OCH3 is 2. The zero-order valence-corrected chi connectivity index (χ0v) is 26.9. The van der Waals surface area contributed by atoms with Crippen LogP contribution in [0.5, 0.6) is 17.2 Å². The van der Waals surface area contributed by atoms with Gasteiger partial charge in [0.2, 0.25) is 5.78 Å². The van der Waals surface area contributed by atoms with Gasteiger partial charge < -0.3 is 34.3 Å². The zero-order chi connectivity index (χ0) is 33.0. The van der Waals surface area contributed by atoms with Gasteiger partial charge in [-0.05, 0) is 73.9 Å². The average molecular weight is 627 g/mol. The number of nitrogens with zero attached hydrogens (tertiary/aromatic N) is 1. The fourth-order valence-electron chi connectivity index (χ4n) is 5.05. The first-order valence-electron chi connectivity index (χ1n) is 15.4. The minimum absolute atomic E-state index is 0.124. The van der Waals surface area contributed by atoms with Gasteiger partial charge in [-0.1, -0.05) is 39.0 Å². The minimum atomic E-state index is -0.874. The van der Waals surface area contributed by atoms with E-state index in [2.05, 4.69) is 5.32 Å². The second kappa shape index (κ2) is 16.8. The Morgan fingerprint density at radius 3 is 2.49 bits per heavy atom. The Hall–Kier alpha value is -4.12. The van der Waals surface area contributed by atoms with Crippen molar-refractivity contribution in [2.45, 2.75) is 71.4 Å². The molecule has 0 spiro atoms. The molecule has 1 aliphatic rings. The largest absolute Gasteiger partial charge is 0.493 e. The number of rotatable bonds is 16. The summed E-state index contributed by atoms with van der Waals surface area (Å²) in [5, 5.41) is 11.5. The van der Waals surface area contributed by atoms with E-state index in [0.717, 1.165) is 12.0 Å². The Morgan fingerprint density at radius 1 is 1.04 bits per heavy atom. The van der Waals surface area contributed by atoms with Gasteiger partial charge in [-0.15, -0.1) is 0 Å². The van der Waals surface area contributed by atoms with E-state index in [4.69, 9.17) is 24.1 Å². The van der Waals surface area contributed by atoms with Crippen molar-refractivity contribution in [3.63, 3.8) is 0 Å². The summed E-state index contributed by atoms with van der Waals surface area (Å²) in [6.07, 6.45) is 2.52.